The first-order valence-electron chi connectivity index (χ1n) is 13.2. The number of carbonyl (C=O) groups excluding carboxylic acids is 2. The second kappa shape index (κ2) is 11.9. The van der Waals surface area contributed by atoms with Crippen LogP contribution in [0.5, 0.6) is 0 Å². The highest BCUT2D eigenvalue weighted by molar-refractivity contribution is 5.94. The second-order valence-electron chi connectivity index (χ2n) is 11.3. The summed E-state index contributed by atoms with van der Waals surface area (Å²) in [5.74, 6) is -0.0283. The van der Waals surface area contributed by atoms with Crippen LogP contribution < -0.4 is 0 Å². The van der Waals surface area contributed by atoms with Crippen molar-refractivity contribution in [2.75, 3.05) is 26.2 Å². The summed E-state index contributed by atoms with van der Waals surface area (Å²) in [6, 6.07) is 14.0. The summed E-state index contributed by atoms with van der Waals surface area (Å²) in [6.45, 7) is 15.6. The van der Waals surface area contributed by atoms with E-state index in [1.54, 1.807) is 17.0 Å². The van der Waals surface area contributed by atoms with Gasteiger partial charge in [0.05, 0.1) is 11.0 Å². The van der Waals surface area contributed by atoms with Crippen LogP contribution in [0.3, 0.4) is 0 Å². The van der Waals surface area contributed by atoms with Gasteiger partial charge in [0.1, 0.15) is 5.60 Å². The van der Waals surface area contributed by atoms with Gasteiger partial charge in [-0.2, -0.15) is 0 Å². The first-order valence-corrected chi connectivity index (χ1v) is 13.2. The molecule has 0 saturated carbocycles. The maximum Gasteiger partial charge on any atom is 0.410 e. The van der Waals surface area contributed by atoms with E-state index in [9.17, 15) is 19.7 Å². The minimum atomic E-state index is -0.570. The highest BCUT2D eigenvalue weighted by Gasteiger charge is 2.31. The van der Waals surface area contributed by atoms with Crippen molar-refractivity contribution in [3.63, 3.8) is 0 Å². The third kappa shape index (κ3) is 7.10. The van der Waals surface area contributed by atoms with Crippen LogP contribution in [0.4, 0.5) is 10.5 Å². The van der Waals surface area contributed by atoms with E-state index in [1.807, 2.05) is 83.7 Å². The van der Waals surface area contributed by atoms with Crippen LogP contribution in [0.2, 0.25) is 0 Å². The van der Waals surface area contributed by atoms with Gasteiger partial charge in [0, 0.05) is 56.0 Å². The second-order valence-corrected chi connectivity index (χ2v) is 11.3. The van der Waals surface area contributed by atoms with Crippen LogP contribution in [0.15, 0.2) is 48.5 Å². The summed E-state index contributed by atoms with van der Waals surface area (Å²) < 4.78 is 5.53. The molecule has 1 aliphatic rings. The predicted octanol–water partition coefficient (Wildman–Crippen LogP) is 5.50. The average molecular weight is 525 g/mol. The summed E-state index contributed by atoms with van der Waals surface area (Å²) in [5, 5.41) is 11.5. The molecular formula is C29H40N4O5. The highest BCUT2D eigenvalue weighted by atomic mass is 16.6. The number of benzene rings is 2. The molecule has 9 heteroatoms. The van der Waals surface area contributed by atoms with Gasteiger partial charge < -0.3 is 14.5 Å². The van der Waals surface area contributed by atoms with Gasteiger partial charge in [-0.05, 0) is 71.7 Å². The van der Waals surface area contributed by atoms with Crippen LogP contribution >= 0.6 is 0 Å². The Morgan fingerprint density at radius 3 is 2.00 bits per heavy atom. The lowest BCUT2D eigenvalue weighted by Crippen LogP contribution is -2.51. The smallest absolute Gasteiger partial charge is 0.410 e. The standard InChI is InChI=1S/C29H40N4O5/c1-20(2)32(21(3)4)27(34)23-13-11-22(12-14-23)26(24-9-8-10-25(19-24)33(36)37)30-15-17-31(18-16-30)28(35)38-29(5,6)7/h8-14,19-21,26H,15-18H2,1-7H3. The molecule has 0 aromatic heterocycles. The maximum absolute atomic E-state index is 13.2. The van der Waals surface area contributed by atoms with E-state index in [0.717, 1.165) is 11.1 Å². The van der Waals surface area contributed by atoms with Crippen molar-refractivity contribution in [2.45, 2.75) is 72.2 Å². The quantitative estimate of drug-likeness (QED) is 0.351. The summed E-state index contributed by atoms with van der Waals surface area (Å²) >= 11 is 0. The van der Waals surface area contributed by atoms with Crippen molar-refractivity contribution >= 4 is 17.7 Å². The number of carbonyl (C=O) groups is 2. The predicted molar refractivity (Wildman–Crippen MR) is 147 cm³/mol. The zero-order chi connectivity index (χ0) is 28.2. The largest absolute Gasteiger partial charge is 0.444 e. The van der Waals surface area contributed by atoms with E-state index in [4.69, 9.17) is 4.74 Å². The van der Waals surface area contributed by atoms with Crippen LogP contribution in [-0.4, -0.2) is 75.5 Å². The summed E-state index contributed by atoms with van der Waals surface area (Å²) in [7, 11) is 0. The number of nitrogens with zero attached hydrogens (tertiary/aromatic N) is 4. The van der Waals surface area contributed by atoms with Gasteiger partial charge in [0.25, 0.3) is 11.6 Å². The van der Waals surface area contributed by atoms with Crippen molar-refractivity contribution in [1.82, 2.24) is 14.7 Å². The fourth-order valence-electron chi connectivity index (χ4n) is 4.93. The first-order chi connectivity index (χ1) is 17.8. The van der Waals surface area contributed by atoms with Gasteiger partial charge >= 0.3 is 6.09 Å². The summed E-state index contributed by atoms with van der Waals surface area (Å²) in [6.07, 6.45) is -0.341. The monoisotopic (exact) mass is 524 g/mol. The summed E-state index contributed by atoms with van der Waals surface area (Å²) in [4.78, 5) is 42.6. The van der Waals surface area contributed by atoms with Gasteiger partial charge in [-0.3, -0.25) is 19.8 Å². The number of hydrogen-bond acceptors (Lipinski definition) is 6. The molecule has 0 aliphatic carbocycles. The number of hydrogen-bond donors (Lipinski definition) is 0. The number of piperazine rings is 1. The molecule has 1 aliphatic heterocycles. The Labute approximate surface area is 225 Å². The zero-order valence-corrected chi connectivity index (χ0v) is 23.5. The Hall–Kier alpha value is -3.46. The van der Waals surface area contributed by atoms with Crippen molar-refractivity contribution in [1.29, 1.82) is 0 Å². The van der Waals surface area contributed by atoms with Crippen LogP contribution in [0.25, 0.3) is 0 Å². The topological polar surface area (TPSA) is 96.2 Å². The Kier molecular flexibility index (Phi) is 9.14. The fourth-order valence-corrected chi connectivity index (χ4v) is 4.93. The highest BCUT2D eigenvalue weighted by Crippen LogP contribution is 2.32. The molecule has 0 N–H and O–H groups in total. The molecule has 1 atom stereocenters. The van der Waals surface area contributed by atoms with Gasteiger partial charge in [-0.15, -0.1) is 0 Å². The Morgan fingerprint density at radius 2 is 1.50 bits per heavy atom. The minimum Gasteiger partial charge on any atom is -0.444 e. The van der Waals surface area contributed by atoms with E-state index >= 15 is 0 Å². The maximum atomic E-state index is 13.2. The average Bonchev–Trinajstić information content (AvgIpc) is 2.83. The van der Waals surface area contributed by atoms with Crippen LogP contribution in [0, 0.1) is 10.1 Å². The lowest BCUT2D eigenvalue weighted by Gasteiger charge is -2.40. The Morgan fingerprint density at radius 1 is 0.921 bits per heavy atom. The molecular weight excluding hydrogens is 484 g/mol. The van der Waals surface area contributed by atoms with Gasteiger partial charge in [0.15, 0.2) is 0 Å². The number of non-ortho nitro benzene ring substituents is 1. The van der Waals surface area contributed by atoms with Crippen LogP contribution in [0.1, 0.15) is 76.0 Å². The molecule has 0 spiro atoms. The number of nitro benzene ring substituents is 1. The van der Waals surface area contributed by atoms with E-state index in [0.29, 0.717) is 31.7 Å². The molecule has 1 heterocycles. The van der Waals surface area contributed by atoms with E-state index in [2.05, 4.69) is 4.90 Å². The molecule has 38 heavy (non-hydrogen) atoms. The molecule has 2 aromatic rings. The van der Waals surface area contributed by atoms with Crippen molar-refractivity contribution in [2.24, 2.45) is 0 Å². The Balaban J connectivity index is 1.90. The van der Waals surface area contributed by atoms with E-state index < -0.39 is 10.5 Å². The van der Waals surface area contributed by atoms with Crippen molar-refractivity contribution in [3.8, 4) is 0 Å². The van der Waals surface area contributed by atoms with Gasteiger partial charge in [-0.1, -0.05) is 24.3 Å². The number of nitro groups is 1. The first kappa shape index (κ1) is 29.1. The normalized spacial score (nSPS) is 15.4. The van der Waals surface area contributed by atoms with E-state index in [1.165, 1.54) is 6.07 Å². The van der Waals surface area contributed by atoms with Gasteiger partial charge in [0.2, 0.25) is 0 Å². The number of ether oxygens (including phenoxy) is 1. The lowest BCUT2D eigenvalue weighted by molar-refractivity contribution is -0.384. The Bertz CT molecular complexity index is 1120. The molecule has 0 bridgehead atoms. The third-order valence-corrected chi connectivity index (χ3v) is 6.55. The molecule has 2 aromatic carbocycles. The molecule has 3 rings (SSSR count). The van der Waals surface area contributed by atoms with E-state index in [-0.39, 0.29) is 35.8 Å². The molecule has 2 amide bonds. The van der Waals surface area contributed by atoms with Crippen LogP contribution in [-0.2, 0) is 4.74 Å². The molecule has 1 unspecified atom stereocenters. The zero-order valence-electron chi connectivity index (χ0n) is 23.5. The lowest BCUT2D eigenvalue weighted by atomic mass is 9.94. The number of amides is 2. The third-order valence-electron chi connectivity index (χ3n) is 6.55. The van der Waals surface area contributed by atoms with Gasteiger partial charge in [-0.25, -0.2) is 4.79 Å². The number of rotatable bonds is 7. The minimum absolute atomic E-state index is 0.0243. The molecule has 9 nitrogen and oxygen atoms in total. The summed E-state index contributed by atoms with van der Waals surface area (Å²) in [5.41, 5.74) is 1.77. The van der Waals surface area contributed by atoms with Crippen molar-refractivity contribution in [3.05, 3.63) is 75.3 Å². The fraction of sp³-hybridized carbons (Fsp3) is 0.517. The van der Waals surface area contributed by atoms with Crippen molar-refractivity contribution < 1.29 is 19.2 Å². The molecule has 1 fully saturated rings. The molecule has 0 radical (unpaired) electrons. The molecule has 1 saturated heterocycles. The molecule has 206 valence electrons. The SMILES string of the molecule is CC(C)N(C(=O)c1ccc(C(c2cccc([N+](=O)[O-])c2)N2CCN(C(=O)OC(C)(C)C)CC2)cc1)C(C)C.